The second-order valence-electron chi connectivity index (χ2n) is 3.19. The average molecular weight is 292 g/mol. The van der Waals surface area contributed by atoms with E-state index in [4.69, 9.17) is 10.7 Å². The Morgan fingerprint density at radius 2 is 2.15 bits per heavy atom. The quantitative estimate of drug-likeness (QED) is 0.316. The molecule has 0 fully saturated rings. The number of hydrogen-bond donors (Lipinski definition) is 1. The van der Waals surface area contributed by atoms with Crippen LogP contribution in [-0.2, 0) is 0 Å². The molecule has 13 heavy (non-hydrogen) atoms. The highest BCUT2D eigenvalue weighted by Crippen LogP contribution is 2.17. The second-order valence-corrected chi connectivity index (χ2v) is 4.27. The maximum atomic E-state index is 8.58. The molecule has 2 nitrogen and oxygen atoms in total. The Morgan fingerprint density at radius 3 is 2.69 bits per heavy atom. The van der Waals surface area contributed by atoms with Gasteiger partial charge in [-0.2, -0.15) is 5.26 Å². The second kappa shape index (κ2) is 9.97. The van der Waals surface area contributed by atoms with Crippen molar-refractivity contribution in [3.8, 4) is 6.07 Å². The van der Waals surface area contributed by atoms with Crippen LogP contribution in [0.4, 0.5) is 0 Å². The summed E-state index contributed by atoms with van der Waals surface area (Å²) < 4.78 is 1.15. The first-order chi connectivity index (χ1) is 6.35. The zero-order valence-corrected chi connectivity index (χ0v) is 10.1. The van der Waals surface area contributed by atoms with Crippen molar-refractivity contribution >= 4 is 28.8 Å². The first-order valence-electron chi connectivity index (χ1n) is 4.77. The van der Waals surface area contributed by atoms with Crippen molar-refractivity contribution in [1.29, 1.82) is 10.7 Å². The lowest BCUT2D eigenvalue weighted by Gasteiger charge is -2.10. The zero-order chi connectivity index (χ0) is 9.94. The fraction of sp³-hybridized carbons (Fsp3) is 0.800. The van der Waals surface area contributed by atoms with Gasteiger partial charge in [0.15, 0.2) is 0 Å². The lowest BCUT2D eigenvalue weighted by atomic mass is 9.96. The van der Waals surface area contributed by atoms with E-state index in [0.717, 1.165) is 23.7 Å². The van der Waals surface area contributed by atoms with Crippen LogP contribution in [-0.4, -0.2) is 10.6 Å². The monoisotopic (exact) mass is 292 g/mol. The van der Waals surface area contributed by atoms with E-state index in [-0.39, 0.29) is 0 Å². The molecule has 1 atom stereocenters. The van der Waals surface area contributed by atoms with E-state index in [0.29, 0.717) is 12.3 Å². The maximum absolute atomic E-state index is 8.58. The molecule has 1 N–H and O–H groups in total. The Morgan fingerprint density at radius 1 is 1.38 bits per heavy atom. The maximum Gasteiger partial charge on any atom is 0.0624 e. The van der Waals surface area contributed by atoms with Crippen LogP contribution in [0.5, 0.6) is 0 Å². The fourth-order valence-corrected chi connectivity index (χ4v) is 2.19. The van der Waals surface area contributed by atoms with Crippen molar-refractivity contribution in [2.45, 2.75) is 38.5 Å². The number of hydrogen-bond acceptors (Lipinski definition) is 2. The Bertz CT molecular complexity index is 163. The molecule has 0 saturated heterocycles. The summed E-state index contributed by atoms with van der Waals surface area (Å²) in [5.41, 5.74) is 0. The number of halogens is 1. The van der Waals surface area contributed by atoms with Gasteiger partial charge in [0.2, 0.25) is 0 Å². The molecular formula is C10H17IN2. The third-order valence-corrected chi connectivity index (χ3v) is 2.73. The highest BCUT2D eigenvalue weighted by Gasteiger charge is 2.06. The van der Waals surface area contributed by atoms with Gasteiger partial charge in [0.1, 0.15) is 0 Å². The molecule has 74 valence electrons. The van der Waals surface area contributed by atoms with Crippen LogP contribution in [0, 0.1) is 22.7 Å². The van der Waals surface area contributed by atoms with Gasteiger partial charge in [0, 0.05) is 6.42 Å². The van der Waals surface area contributed by atoms with Crippen LogP contribution in [0.2, 0.25) is 0 Å². The van der Waals surface area contributed by atoms with Crippen molar-refractivity contribution in [3.05, 3.63) is 0 Å². The highest BCUT2D eigenvalue weighted by atomic mass is 127. The predicted molar refractivity (Wildman–Crippen MR) is 64.5 cm³/mol. The normalized spacial score (nSPS) is 12.0. The third kappa shape index (κ3) is 8.23. The van der Waals surface area contributed by atoms with E-state index < -0.39 is 0 Å². The standard InChI is InChI=1S/C10H17IN2/c11-7-5-10(6-9-13)4-2-1-3-8-12/h8,10,12H,1-7H2. The van der Waals surface area contributed by atoms with Gasteiger partial charge in [0.25, 0.3) is 0 Å². The summed E-state index contributed by atoms with van der Waals surface area (Å²) in [6.45, 7) is 0. The molecule has 3 heteroatoms. The molecule has 0 aromatic carbocycles. The van der Waals surface area contributed by atoms with Gasteiger partial charge in [-0.1, -0.05) is 29.0 Å². The predicted octanol–water partition coefficient (Wildman–Crippen LogP) is 3.55. The van der Waals surface area contributed by atoms with Gasteiger partial charge in [-0.15, -0.1) is 0 Å². The van der Waals surface area contributed by atoms with Gasteiger partial charge < -0.3 is 5.41 Å². The van der Waals surface area contributed by atoms with Crippen molar-refractivity contribution in [2.24, 2.45) is 5.92 Å². The van der Waals surface area contributed by atoms with Crippen LogP contribution in [0.25, 0.3) is 0 Å². The molecular weight excluding hydrogens is 275 g/mol. The molecule has 0 aliphatic carbocycles. The molecule has 0 spiro atoms. The van der Waals surface area contributed by atoms with Crippen molar-refractivity contribution < 1.29 is 0 Å². The van der Waals surface area contributed by atoms with Crippen molar-refractivity contribution in [2.75, 3.05) is 4.43 Å². The van der Waals surface area contributed by atoms with Gasteiger partial charge >= 0.3 is 0 Å². The largest absolute Gasteiger partial charge is 0.313 e. The van der Waals surface area contributed by atoms with E-state index in [2.05, 4.69) is 28.7 Å². The highest BCUT2D eigenvalue weighted by molar-refractivity contribution is 14.1. The van der Waals surface area contributed by atoms with E-state index in [1.165, 1.54) is 19.1 Å². The first-order valence-corrected chi connectivity index (χ1v) is 6.29. The first kappa shape index (κ1) is 12.9. The summed E-state index contributed by atoms with van der Waals surface area (Å²) in [5.74, 6) is 0.590. The van der Waals surface area contributed by atoms with Crippen molar-refractivity contribution in [3.63, 3.8) is 0 Å². The van der Waals surface area contributed by atoms with E-state index in [1.807, 2.05) is 0 Å². The van der Waals surface area contributed by atoms with Gasteiger partial charge in [-0.3, -0.25) is 0 Å². The lowest BCUT2D eigenvalue weighted by molar-refractivity contribution is 0.463. The van der Waals surface area contributed by atoms with E-state index >= 15 is 0 Å². The number of unbranched alkanes of at least 4 members (excludes halogenated alkanes) is 2. The number of rotatable bonds is 8. The molecule has 0 radical (unpaired) electrons. The topological polar surface area (TPSA) is 47.6 Å². The lowest BCUT2D eigenvalue weighted by Crippen LogP contribution is -2.00. The molecule has 0 amide bonds. The molecule has 1 unspecified atom stereocenters. The summed E-state index contributed by atoms with van der Waals surface area (Å²) in [6, 6.07) is 2.25. The molecule has 0 aliphatic rings. The Labute approximate surface area is 94.4 Å². The minimum atomic E-state index is 0.590. The SMILES string of the molecule is N#CCC(CCI)CCCCC=N. The fourth-order valence-electron chi connectivity index (χ4n) is 1.31. The summed E-state index contributed by atoms with van der Waals surface area (Å²) in [6.07, 6.45) is 7.66. The number of nitriles is 1. The van der Waals surface area contributed by atoms with E-state index in [9.17, 15) is 0 Å². The van der Waals surface area contributed by atoms with Crippen LogP contribution in [0.1, 0.15) is 38.5 Å². The molecule has 0 heterocycles. The summed E-state index contributed by atoms with van der Waals surface area (Å²) in [5, 5.41) is 15.4. The average Bonchev–Trinajstić information content (AvgIpc) is 2.13. The van der Waals surface area contributed by atoms with Crippen LogP contribution >= 0.6 is 22.6 Å². The van der Waals surface area contributed by atoms with Gasteiger partial charge in [-0.05, 0) is 42.2 Å². The van der Waals surface area contributed by atoms with Gasteiger partial charge in [0.05, 0.1) is 6.07 Å². The van der Waals surface area contributed by atoms with Crippen LogP contribution < -0.4 is 0 Å². The van der Waals surface area contributed by atoms with E-state index in [1.54, 1.807) is 0 Å². The molecule has 0 aromatic rings. The van der Waals surface area contributed by atoms with Crippen LogP contribution in [0.3, 0.4) is 0 Å². The molecule has 0 aliphatic heterocycles. The molecule has 0 aromatic heterocycles. The Hall–Kier alpha value is -0.110. The third-order valence-electron chi connectivity index (χ3n) is 2.11. The number of nitrogens with one attached hydrogen (secondary N) is 1. The Balaban J connectivity index is 3.45. The molecule has 0 rings (SSSR count). The number of alkyl halides is 1. The number of nitrogens with zero attached hydrogens (tertiary/aromatic N) is 1. The van der Waals surface area contributed by atoms with Crippen LogP contribution in [0.15, 0.2) is 0 Å². The summed E-state index contributed by atoms with van der Waals surface area (Å²) in [4.78, 5) is 0. The summed E-state index contributed by atoms with van der Waals surface area (Å²) >= 11 is 2.37. The molecule has 0 saturated carbocycles. The summed E-state index contributed by atoms with van der Waals surface area (Å²) in [7, 11) is 0. The van der Waals surface area contributed by atoms with Gasteiger partial charge in [-0.25, -0.2) is 0 Å². The zero-order valence-electron chi connectivity index (χ0n) is 7.93. The minimum absolute atomic E-state index is 0.590. The smallest absolute Gasteiger partial charge is 0.0624 e. The minimum Gasteiger partial charge on any atom is -0.313 e. The van der Waals surface area contributed by atoms with Crippen molar-refractivity contribution in [1.82, 2.24) is 0 Å². The molecule has 0 bridgehead atoms. The Kier molecular flexibility index (Phi) is 9.89.